The first-order chi connectivity index (χ1) is 6.16. The number of benzene rings is 1. The van der Waals surface area contributed by atoms with Gasteiger partial charge in [-0.1, -0.05) is 18.5 Å². The zero-order chi connectivity index (χ0) is 9.84. The van der Waals surface area contributed by atoms with Gasteiger partial charge in [0.05, 0.1) is 7.85 Å². The van der Waals surface area contributed by atoms with Gasteiger partial charge in [0.2, 0.25) is 0 Å². The lowest BCUT2D eigenvalue weighted by Gasteiger charge is -2.05. The number of aromatic hydroxyl groups is 1. The summed E-state index contributed by atoms with van der Waals surface area (Å²) in [6.07, 6.45) is 0.865. The Morgan fingerprint density at radius 2 is 2.15 bits per heavy atom. The molecule has 0 aromatic heterocycles. The topological polar surface area (TPSA) is 57.5 Å². The smallest absolute Gasteiger partial charge is 0.339 e. The first kappa shape index (κ1) is 9.64. The molecule has 0 aliphatic rings. The number of hydrogen-bond acceptors (Lipinski definition) is 2. The number of aryl methyl sites for hydroxylation is 1. The first-order valence-corrected chi connectivity index (χ1v) is 3.91. The Morgan fingerprint density at radius 1 is 1.46 bits per heavy atom. The lowest BCUT2D eigenvalue weighted by molar-refractivity contribution is 0.0693. The summed E-state index contributed by atoms with van der Waals surface area (Å²) in [7, 11) is 5.30. The van der Waals surface area contributed by atoms with Crippen LogP contribution in [0, 0.1) is 0 Å². The number of carboxylic acids is 1. The summed E-state index contributed by atoms with van der Waals surface area (Å²) < 4.78 is 0. The van der Waals surface area contributed by atoms with Gasteiger partial charge >= 0.3 is 5.97 Å². The first-order valence-electron chi connectivity index (χ1n) is 3.91. The highest BCUT2D eigenvalue weighted by Gasteiger charge is 2.11. The predicted octanol–water partition coefficient (Wildman–Crippen LogP) is 1.22. The monoisotopic (exact) mass is 176 g/mol. The van der Waals surface area contributed by atoms with Crippen molar-refractivity contribution in [2.75, 3.05) is 0 Å². The van der Waals surface area contributed by atoms with Gasteiger partial charge in [0.15, 0.2) is 0 Å². The van der Waals surface area contributed by atoms with E-state index in [4.69, 9.17) is 13.0 Å². The molecular weight excluding hydrogens is 167 g/mol. The maximum absolute atomic E-state index is 10.6. The van der Waals surface area contributed by atoms with Crippen molar-refractivity contribution < 1.29 is 15.0 Å². The van der Waals surface area contributed by atoms with Crippen LogP contribution in [0.25, 0.3) is 0 Å². The molecule has 0 heterocycles. The van der Waals surface area contributed by atoms with Crippen molar-refractivity contribution in [3.63, 3.8) is 0 Å². The molecular formula is C9H9BO3. The van der Waals surface area contributed by atoms with Crippen LogP contribution in [0.5, 0.6) is 5.75 Å². The zero-order valence-electron chi connectivity index (χ0n) is 7.03. The van der Waals surface area contributed by atoms with Gasteiger partial charge in [-0.15, -0.1) is 0 Å². The molecule has 0 aliphatic carbocycles. The van der Waals surface area contributed by atoms with Crippen molar-refractivity contribution in [3.8, 4) is 5.75 Å². The quantitative estimate of drug-likeness (QED) is 0.680. The molecule has 0 amide bonds. The average Bonchev–Trinajstić information content (AvgIpc) is 2.08. The minimum absolute atomic E-state index is 0.0778. The van der Waals surface area contributed by atoms with Gasteiger partial charge in [-0.3, -0.25) is 0 Å². The van der Waals surface area contributed by atoms with Gasteiger partial charge in [0.25, 0.3) is 0 Å². The van der Waals surface area contributed by atoms with Crippen LogP contribution in [-0.4, -0.2) is 24.0 Å². The second kappa shape index (κ2) is 3.98. The number of hydrogen-bond donors (Lipinski definition) is 2. The number of phenols is 1. The summed E-state index contributed by atoms with van der Waals surface area (Å²) in [4.78, 5) is 10.6. The summed E-state index contributed by atoms with van der Waals surface area (Å²) in [6, 6.07) is 4.61. The molecule has 0 spiro atoms. The number of aromatic carboxylic acids is 1. The molecule has 0 atom stereocenters. The lowest BCUT2D eigenvalue weighted by atomic mass is 9.95. The van der Waals surface area contributed by atoms with Crippen LogP contribution >= 0.6 is 0 Å². The van der Waals surface area contributed by atoms with Crippen LogP contribution < -0.4 is 0 Å². The van der Waals surface area contributed by atoms with Crippen molar-refractivity contribution in [2.45, 2.75) is 12.7 Å². The van der Waals surface area contributed by atoms with Crippen LogP contribution in [0.4, 0.5) is 0 Å². The van der Waals surface area contributed by atoms with Crippen molar-refractivity contribution in [2.24, 2.45) is 0 Å². The zero-order valence-corrected chi connectivity index (χ0v) is 7.03. The van der Waals surface area contributed by atoms with E-state index < -0.39 is 5.97 Å². The van der Waals surface area contributed by atoms with Gasteiger partial charge in [-0.25, -0.2) is 4.79 Å². The molecule has 0 bridgehead atoms. The van der Waals surface area contributed by atoms with E-state index in [2.05, 4.69) is 0 Å². The Bertz CT molecular complexity index is 323. The average molecular weight is 176 g/mol. The highest BCUT2D eigenvalue weighted by molar-refractivity contribution is 6.08. The van der Waals surface area contributed by atoms with Crippen LogP contribution in [0.2, 0.25) is 6.32 Å². The van der Waals surface area contributed by atoms with Crippen LogP contribution in [-0.2, 0) is 6.42 Å². The van der Waals surface area contributed by atoms with Crippen molar-refractivity contribution in [1.82, 2.24) is 0 Å². The number of carboxylic acid groups (broad SMARTS) is 1. The molecule has 4 heteroatoms. The Kier molecular flexibility index (Phi) is 2.95. The maximum Gasteiger partial charge on any atom is 0.339 e. The second-order valence-corrected chi connectivity index (χ2v) is 2.66. The summed E-state index contributed by atoms with van der Waals surface area (Å²) in [5.41, 5.74) is 0.494. The van der Waals surface area contributed by atoms with Crippen LogP contribution in [0.3, 0.4) is 0 Å². The van der Waals surface area contributed by atoms with E-state index in [1.807, 2.05) is 0 Å². The fourth-order valence-corrected chi connectivity index (χ4v) is 1.12. The summed E-state index contributed by atoms with van der Waals surface area (Å²) in [5, 5.41) is 18.1. The molecule has 3 nitrogen and oxygen atoms in total. The van der Waals surface area contributed by atoms with E-state index in [0.29, 0.717) is 18.3 Å². The normalized spacial score (nSPS) is 9.85. The third-order valence-electron chi connectivity index (χ3n) is 1.76. The van der Waals surface area contributed by atoms with E-state index in [0.717, 1.165) is 0 Å². The molecule has 0 saturated carbocycles. The second-order valence-electron chi connectivity index (χ2n) is 2.66. The third kappa shape index (κ3) is 2.02. The standard InChI is InChI=1S/C9H9BO3/c10-5-4-6-2-1-3-7(8(6)11)9(12)13/h1-3,11H,4-5H2,(H,12,13). The minimum atomic E-state index is -1.13. The number of carbonyl (C=O) groups is 1. The van der Waals surface area contributed by atoms with Gasteiger partial charge in [-0.05, 0) is 18.1 Å². The molecule has 0 unspecified atom stereocenters. The predicted molar refractivity (Wildman–Crippen MR) is 49.3 cm³/mol. The highest BCUT2D eigenvalue weighted by Crippen LogP contribution is 2.23. The molecule has 13 heavy (non-hydrogen) atoms. The molecule has 2 radical (unpaired) electrons. The van der Waals surface area contributed by atoms with E-state index in [-0.39, 0.29) is 11.3 Å². The SMILES string of the molecule is [B]CCc1cccc(C(=O)O)c1O. The summed E-state index contributed by atoms with van der Waals surface area (Å²) in [5.74, 6) is -1.31. The van der Waals surface area contributed by atoms with Gasteiger partial charge in [0, 0.05) is 0 Å². The number of rotatable bonds is 3. The summed E-state index contributed by atoms with van der Waals surface area (Å²) >= 11 is 0. The van der Waals surface area contributed by atoms with Gasteiger partial charge in [0.1, 0.15) is 11.3 Å². The van der Waals surface area contributed by atoms with Crippen LogP contribution in [0.1, 0.15) is 15.9 Å². The molecule has 0 saturated heterocycles. The Hall–Kier alpha value is -1.45. The Balaban J connectivity index is 3.10. The molecule has 0 fully saturated rings. The molecule has 1 aromatic carbocycles. The molecule has 1 rings (SSSR count). The Morgan fingerprint density at radius 3 is 2.69 bits per heavy atom. The Labute approximate surface area is 77.4 Å². The van der Waals surface area contributed by atoms with Crippen molar-refractivity contribution in [1.29, 1.82) is 0 Å². The van der Waals surface area contributed by atoms with Gasteiger partial charge < -0.3 is 10.2 Å². The lowest BCUT2D eigenvalue weighted by Crippen LogP contribution is -1.98. The van der Waals surface area contributed by atoms with Crippen molar-refractivity contribution >= 4 is 13.8 Å². The van der Waals surface area contributed by atoms with Crippen LogP contribution in [0.15, 0.2) is 18.2 Å². The molecule has 2 N–H and O–H groups in total. The summed E-state index contributed by atoms with van der Waals surface area (Å²) in [6.45, 7) is 0. The van der Waals surface area contributed by atoms with Crippen molar-refractivity contribution in [3.05, 3.63) is 29.3 Å². The fourth-order valence-electron chi connectivity index (χ4n) is 1.12. The van der Waals surface area contributed by atoms with E-state index in [1.165, 1.54) is 6.07 Å². The maximum atomic E-state index is 10.6. The molecule has 1 aromatic rings. The molecule has 66 valence electrons. The minimum Gasteiger partial charge on any atom is -0.507 e. The highest BCUT2D eigenvalue weighted by atomic mass is 16.4. The van der Waals surface area contributed by atoms with E-state index >= 15 is 0 Å². The van der Waals surface area contributed by atoms with Gasteiger partial charge in [-0.2, -0.15) is 0 Å². The van der Waals surface area contributed by atoms with E-state index in [9.17, 15) is 9.90 Å². The largest absolute Gasteiger partial charge is 0.507 e. The van der Waals surface area contributed by atoms with E-state index in [1.54, 1.807) is 12.1 Å². The fraction of sp³-hybridized carbons (Fsp3) is 0.222. The number of para-hydroxylation sites is 1. The molecule has 0 aliphatic heterocycles. The third-order valence-corrected chi connectivity index (χ3v) is 1.76.